The van der Waals surface area contributed by atoms with Crippen LogP contribution in [0.3, 0.4) is 0 Å². The summed E-state index contributed by atoms with van der Waals surface area (Å²) in [6.45, 7) is 0. The van der Waals surface area contributed by atoms with E-state index in [2.05, 4.69) is 15.5 Å². The van der Waals surface area contributed by atoms with Crippen molar-refractivity contribution in [1.29, 1.82) is 0 Å². The van der Waals surface area contributed by atoms with Gasteiger partial charge in [-0.25, -0.2) is 0 Å². The summed E-state index contributed by atoms with van der Waals surface area (Å²) in [6, 6.07) is 6.06. The average molecular weight is 376 g/mol. The Kier molecular flexibility index (Phi) is 6.76. The molecule has 2 aromatic rings. The largest absolute Gasteiger partial charge is 2.00 e. The van der Waals surface area contributed by atoms with Crippen molar-refractivity contribution >= 4 is 35.3 Å². The Morgan fingerprint density at radius 2 is 1.95 bits per heavy atom. The van der Waals surface area contributed by atoms with E-state index in [1.807, 2.05) is 0 Å². The molecule has 1 aromatic carbocycles. The van der Waals surface area contributed by atoms with Crippen LogP contribution in [-0.2, 0) is 19.5 Å². The minimum absolute atomic E-state index is 0. The molecule has 1 amide bonds. The minimum atomic E-state index is -0.267. The van der Waals surface area contributed by atoms with Crippen molar-refractivity contribution in [3.63, 3.8) is 0 Å². The van der Waals surface area contributed by atoms with E-state index in [1.54, 1.807) is 12.1 Å². The second-order valence-corrected chi connectivity index (χ2v) is 4.57. The molecule has 8 heteroatoms. The summed E-state index contributed by atoms with van der Waals surface area (Å²) >= 11 is 11.6. The molecule has 2 N–H and O–H groups in total. The number of pyridine rings is 1. The van der Waals surface area contributed by atoms with Crippen LogP contribution in [0.15, 0.2) is 41.8 Å². The smallest absolute Gasteiger partial charge is 0.506 e. The molecular formula is C13H9Cl2N3O2Zn+2. The van der Waals surface area contributed by atoms with Crippen LogP contribution >= 0.6 is 23.2 Å². The van der Waals surface area contributed by atoms with Crippen LogP contribution in [0.1, 0.15) is 11.1 Å². The van der Waals surface area contributed by atoms with Gasteiger partial charge in [-0.3, -0.25) is 9.78 Å². The number of aromatic hydroxyl groups is 1. The Morgan fingerprint density at radius 3 is 2.62 bits per heavy atom. The Balaban J connectivity index is 0.00000220. The predicted molar refractivity (Wildman–Crippen MR) is 79.4 cm³/mol. The molecule has 0 aliphatic rings. The third kappa shape index (κ3) is 4.78. The molecule has 0 saturated heterocycles. The minimum Gasteiger partial charge on any atom is -0.506 e. The van der Waals surface area contributed by atoms with Gasteiger partial charge in [0.25, 0.3) is 5.91 Å². The van der Waals surface area contributed by atoms with Crippen LogP contribution in [-0.4, -0.2) is 27.0 Å². The molecule has 0 saturated carbocycles. The monoisotopic (exact) mass is 373 g/mol. The van der Waals surface area contributed by atoms with E-state index < -0.39 is 0 Å². The fraction of sp³-hybridized carbons (Fsp3) is 0. The van der Waals surface area contributed by atoms with Gasteiger partial charge in [-0.05, 0) is 24.3 Å². The van der Waals surface area contributed by atoms with Crippen molar-refractivity contribution in [2.45, 2.75) is 0 Å². The van der Waals surface area contributed by atoms with Gasteiger partial charge in [0.1, 0.15) is 5.75 Å². The summed E-state index contributed by atoms with van der Waals surface area (Å²) in [6.07, 6.45) is 4.28. The van der Waals surface area contributed by atoms with Crippen molar-refractivity contribution in [3.05, 3.63) is 63.3 Å². The van der Waals surface area contributed by atoms with E-state index in [0.717, 1.165) is 0 Å². The summed E-state index contributed by atoms with van der Waals surface area (Å²) in [4.78, 5) is 13.5. The number of halogens is 2. The van der Waals surface area contributed by atoms with Gasteiger partial charge < -0.3 is 15.6 Å². The molecule has 21 heavy (non-hydrogen) atoms. The number of phenols is 1. The third-order valence-electron chi connectivity index (χ3n) is 2.35. The normalized spacial score (nSPS) is 10.2. The maximum absolute atomic E-state index is 9.70. The fourth-order valence-corrected chi connectivity index (χ4v) is 1.90. The molecule has 1 heterocycles. The molecule has 0 bridgehead atoms. The molecule has 0 atom stereocenters. The van der Waals surface area contributed by atoms with E-state index in [0.29, 0.717) is 16.1 Å². The zero-order valence-electron chi connectivity index (χ0n) is 10.7. The first-order chi connectivity index (χ1) is 9.58. The summed E-state index contributed by atoms with van der Waals surface area (Å²) in [7, 11) is 0. The molecule has 2 rings (SSSR count). The number of benzene rings is 1. The van der Waals surface area contributed by atoms with Crippen molar-refractivity contribution in [2.24, 2.45) is 5.10 Å². The quantitative estimate of drug-likeness (QED) is 0.386. The third-order valence-corrected chi connectivity index (χ3v) is 2.85. The van der Waals surface area contributed by atoms with Gasteiger partial charge in [0.05, 0.1) is 10.6 Å². The van der Waals surface area contributed by atoms with E-state index in [-0.39, 0.29) is 36.2 Å². The van der Waals surface area contributed by atoms with E-state index in [1.165, 1.54) is 30.7 Å². The topological polar surface area (TPSA) is 81.0 Å². The molecule has 0 fully saturated rings. The first-order valence-corrected chi connectivity index (χ1v) is 6.22. The molecule has 0 spiro atoms. The molecule has 5 nitrogen and oxygen atoms in total. The van der Waals surface area contributed by atoms with Gasteiger partial charge in [0.2, 0.25) is 0 Å². The van der Waals surface area contributed by atoms with Crippen LogP contribution in [0.4, 0.5) is 0 Å². The molecule has 1 aromatic heterocycles. The van der Waals surface area contributed by atoms with Gasteiger partial charge in [0, 0.05) is 29.2 Å². The SMILES string of the molecule is Oc1c(Cl)cc(Cl)cc1C=N[N-]C(=[OH+])c1ccncc1.[Zn+2]. The van der Waals surface area contributed by atoms with Gasteiger partial charge in [-0.1, -0.05) is 23.2 Å². The summed E-state index contributed by atoms with van der Waals surface area (Å²) < 4.78 is 0. The van der Waals surface area contributed by atoms with Crippen LogP contribution in [0.5, 0.6) is 5.75 Å². The molecule has 0 radical (unpaired) electrons. The van der Waals surface area contributed by atoms with Gasteiger partial charge in [0.15, 0.2) is 0 Å². The van der Waals surface area contributed by atoms with Gasteiger partial charge in [-0.2, -0.15) is 0 Å². The van der Waals surface area contributed by atoms with Crippen molar-refractivity contribution in [3.8, 4) is 5.75 Å². The van der Waals surface area contributed by atoms with Crippen LogP contribution in [0.2, 0.25) is 10.0 Å². The number of aromatic nitrogens is 1. The van der Waals surface area contributed by atoms with E-state index in [4.69, 9.17) is 23.2 Å². The zero-order chi connectivity index (χ0) is 14.5. The molecule has 102 valence electrons. The van der Waals surface area contributed by atoms with Crippen molar-refractivity contribution in [1.82, 2.24) is 4.98 Å². The number of rotatable bonds is 3. The molecule has 0 unspecified atom stereocenters. The first kappa shape index (κ1) is 17.6. The Hall–Kier alpha value is -1.49. The molecular weight excluding hydrogens is 366 g/mol. The maximum Gasteiger partial charge on any atom is 2.00 e. The maximum atomic E-state index is 9.70. The Morgan fingerprint density at radius 1 is 1.29 bits per heavy atom. The first-order valence-electron chi connectivity index (χ1n) is 5.46. The summed E-state index contributed by atoms with van der Waals surface area (Å²) in [5.74, 6) is -0.422. The van der Waals surface area contributed by atoms with Gasteiger partial charge in [-0.15, -0.1) is 0 Å². The standard InChI is InChI=1S/C13H9Cl2N3O2.Zn/c14-10-5-9(12(19)11(15)6-10)7-17-18-13(20)8-1-3-16-4-2-8;/h1-7H,(H2,16,17,18,19,20);/q;+2. The fourth-order valence-electron chi connectivity index (χ4n) is 1.39. The number of nitrogens with zero attached hydrogens (tertiary/aromatic N) is 3. The number of phenolic OH excluding ortho intramolecular Hbond substituents is 1. The second kappa shape index (κ2) is 8.08. The number of carbonyl (C=O) groups excluding carboxylic acids is 1. The average Bonchev–Trinajstić information content (AvgIpc) is 2.44. The Bertz CT molecular complexity index is 666. The van der Waals surface area contributed by atoms with Gasteiger partial charge >= 0.3 is 19.5 Å². The molecule has 0 aliphatic heterocycles. The summed E-state index contributed by atoms with van der Waals surface area (Å²) in [5.41, 5.74) is 4.38. The van der Waals surface area contributed by atoms with E-state index >= 15 is 0 Å². The molecule has 0 aliphatic carbocycles. The number of amides is 1. The predicted octanol–water partition coefficient (Wildman–Crippen LogP) is 3.35. The van der Waals surface area contributed by atoms with Crippen LogP contribution in [0.25, 0.3) is 5.43 Å². The number of hydrogen-bond donors (Lipinski definition) is 1. The van der Waals surface area contributed by atoms with Crippen molar-refractivity contribution in [2.75, 3.05) is 0 Å². The van der Waals surface area contributed by atoms with Crippen LogP contribution in [0, 0.1) is 0 Å². The number of hydrogen-bond acceptors (Lipinski definition) is 3. The van der Waals surface area contributed by atoms with Crippen LogP contribution < -0.4 is 0 Å². The van der Waals surface area contributed by atoms with E-state index in [9.17, 15) is 9.90 Å². The summed E-state index contributed by atoms with van der Waals surface area (Å²) in [5, 5.41) is 13.8. The van der Waals surface area contributed by atoms with Crippen molar-refractivity contribution < 1.29 is 29.4 Å². The zero-order valence-corrected chi connectivity index (χ0v) is 15.2. The second-order valence-electron chi connectivity index (χ2n) is 3.73. The Labute approximate surface area is 143 Å².